The third kappa shape index (κ3) is 1.39. The average molecular weight is 141 g/mol. The van der Waals surface area contributed by atoms with Crippen LogP contribution in [0, 0.1) is 0 Å². The zero-order valence-electron chi connectivity index (χ0n) is 6.59. The second kappa shape index (κ2) is 2.72. The van der Waals surface area contributed by atoms with E-state index in [0.29, 0.717) is 0 Å². The number of nitrogens with two attached hydrogens (primary N) is 1. The maximum atomic E-state index is 9.31. The summed E-state index contributed by atoms with van der Waals surface area (Å²) >= 11 is 0. The Hall–Kier alpha value is -0.340. The second-order valence-electron chi connectivity index (χ2n) is 3.20. The van der Waals surface area contributed by atoms with E-state index in [2.05, 4.69) is 13.8 Å². The fourth-order valence-corrected chi connectivity index (χ4v) is 1.30. The van der Waals surface area contributed by atoms with E-state index in [1.54, 1.807) is 0 Å². The van der Waals surface area contributed by atoms with E-state index in [1.165, 1.54) is 11.1 Å². The highest BCUT2D eigenvalue weighted by atomic mass is 16.3. The summed E-state index contributed by atoms with van der Waals surface area (Å²) in [7, 11) is 0. The summed E-state index contributed by atoms with van der Waals surface area (Å²) in [4.78, 5) is 0. The number of aliphatic hydroxyl groups is 1. The Labute approximate surface area is 61.7 Å². The van der Waals surface area contributed by atoms with Crippen LogP contribution < -0.4 is 5.73 Å². The molecule has 2 atom stereocenters. The van der Waals surface area contributed by atoms with Gasteiger partial charge >= 0.3 is 0 Å². The first kappa shape index (κ1) is 7.76. The smallest absolute Gasteiger partial charge is 0.0731 e. The summed E-state index contributed by atoms with van der Waals surface area (Å²) in [5.74, 6) is 0. The molecule has 0 fully saturated rings. The van der Waals surface area contributed by atoms with Crippen molar-refractivity contribution in [3.8, 4) is 0 Å². The molecule has 0 bridgehead atoms. The summed E-state index contributed by atoms with van der Waals surface area (Å²) < 4.78 is 0. The lowest BCUT2D eigenvalue weighted by Gasteiger charge is -2.26. The van der Waals surface area contributed by atoms with Gasteiger partial charge in [0.1, 0.15) is 0 Å². The number of hydrogen-bond donors (Lipinski definition) is 2. The molecule has 2 heteroatoms. The first-order valence-electron chi connectivity index (χ1n) is 3.70. The maximum Gasteiger partial charge on any atom is 0.0731 e. The summed E-state index contributed by atoms with van der Waals surface area (Å²) in [6.45, 7) is 4.14. The van der Waals surface area contributed by atoms with Crippen molar-refractivity contribution in [1.82, 2.24) is 0 Å². The molecule has 0 saturated carbocycles. The highest BCUT2D eigenvalue weighted by Gasteiger charge is 2.21. The normalized spacial score (nSPS) is 34.8. The van der Waals surface area contributed by atoms with E-state index in [-0.39, 0.29) is 12.1 Å². The van der Waals surface area contributed by atoms with E-state index in [4.69, 9.17) is 5.73 Å². The van der Waals surface area contributed by atoms with Gasteiger partial charge in [0.25, 0.3) is 0 Å². The van der Waals surface area contributed by atoms with E-state index < -0.39 is 0 Å². The molecular formula is C8H15NO. The third-order valence-electron chi connectivity index (χ3n) is 2.28. The molecule has 1 rings (SSSR count). The quantitative estimate of drug-likeness (QED) is 0.490. The molecule has 0 radical (unpaired) electrons. The summed E-state index contributed by atoms with van der Waals surface area (Å²) in [5.41, 5.74) is 8.29. The summed E-state index contributed by atoms with van der Waals surface area (Å²) in [6, 6.07) is -0.0382. The minimum absolute atomic E-state index is 0.0382. The van der Waals surface area contributed by atoms with E-state index in [0.717, 1.165) is 12.8 Å². The van der Waals surface area contributed by atoms with E-state index in [1.807, 2.05) is 0 Å². The fraction of sp³-hybridized carbons (Fsp3) is 0.750. The van der Waals surface area contributed by atoms with Crippen LogP contribution in [-0.2, 0) is 0 Å². The zero-order chi connectivity index (χ0) is 7.72. The van der Waals surface area contributed by atoms with Gasteiger partial charge in [-0.3, -0.25) is 0 Å². The van der Waals surface area contributed by atoms with Crippen molar-refractivity contribution in [2.24, 2.45) is 5.73 Å². The Bertz CT molecular complexity index is 145. The van der Waals surface area contributed by atoms with Crippen LogP contribution in [0.2, 0.25) is 0 Å². The molecule has 0 saturated heterocycles. The van der Waals surface area contributed by atoms with Gasteiger partial charge in [-0.1, -0.05) is 11.1 Å². The topological polar surface area (TPSA) is 46.2 Å². The second-order valence-corrected chi connectivity index (χ2v) is 3.20. The predicted molar refractivity (Wildman–Crippen MR) is 41.6 cm³/mol. The van der Waals surface area contributed by atoms with Crippen molar-refractivity contribution in [1.29, 1.82) is 0 Å². The van der Waals surface area contributed by atoms with Gasteiger partial charge in [-0.25, -0.2) is 0 Å². The number of hydrogen-bond acceptors (Lipinski definition) is 2. The first-order chi connectivity index (χ1) is 4.61. The van der Waals surface area contributed by atoms with Crippen LogP contribution in [0.4, 0.5) is 0 Å². The lowest BCUT2D eigenvalue weighted by Crippen LogP contribution is -2.37. The molecule has 2 nitrogen and oxygen atoms in total. The SMILES string of the molecule is CC1=C(C)C[C@H](O)[C@H](N)C1. The van der Waals surface area contributed by atoms with Crippen molar-refractivity contribution >= 4 is 0 Å². The summed E-state index contributed by atoms with van der Waals surface area (Å²) in [5, 5.41) is 9.31. The van der Waals surface area contributed by atoms with Crippen LogP contribution in [0.25, 0.3) is 0 Å². The van der Waals surface area contributed by atoms with E-state index in [9.17, 15) is 5.11 Å². The largest absolute Gasteiger partial charge is 0.391 e. The lowest BCUT2D eigenvalue weighted by molar-refractivity contribution is 0.137. The molecule has 0 aromatic carbocycles. The monoisotopic (exact) mass is 141 g/mol. The molecule has 10 heavy (non-hydrogen) atoms. The van der Waals surface area contributed by atoms with Gasteiger partial charge in [-0.15, -0.1) is 0 Å². The minimum atomic E-state index is -0.316. The number of aliphatic hydroxyl groups excluding tert-OH is 1. The Balaban J connectivity index is 2.69. The maximum absolute atomic E-state index is 9.31. The predicted octanol–water partition coefficient (Wildman–Crippen LogP) is 0.805. The van der Waals surface area contributed by atoms with Crippen LogP contribution in [0.5, 0.6) is 0 Å². The van der Waals surface area contributed by atoms with Crippen molar-refractivity contribution in [3.05, 3.63) is 11.1 Å². The van der Waals surface area contributed by atoms with Crippen molar-refractivity contribution in [3.63, 3.8) is 0 Å². The fourth-order valence-electron chi connectivity index (χ4n) is 1.30. The molecule has 0 heterocycles. The molecule has 3 N–H and O–H groups in total. The van der Waals surface area contributed by atoms with Crippen LogP contribution >= 0.6 is 0 Å². The lowest BCUT2D eigenvalue weighted by atomic mass is 9.88. The van der Waals surface area contributed by atoms with Gasteiger partial charge in [0.05, 0.1) is 6.10 Å². The van der Waals surface area contributed by atoms with Crippen LogP contribution in [-0.4, -0.2) is 17.3 Å². The molecule has 0 aromatic heterocycles. The van der Waals surface area contributed by atoms with Gasteiger partial charge in [0.2, 0.25) is 0 Å². The van der Waals surface area contributed by atoms with Crippen LogP contribution in [0.15, 0.2) is 11.1 Å². The highest BCUT2D eigenvalue weighted by Crippen LogP contribution is 2.23. The number of rotatable bonds is 0. The Morgan fingerprint density at radius 2 is 1.80 bits per heavy atom. The van der Waals surface area contributed by atoms with Crippen molar-refractivity contribution in [2.75, 3.05) is 0 Å². The molecule has 58 valence electrons. The standard InChI is InChI=1S/C8H15NO/c1-5-3-7(9)8(10)4-6(5)2/h7-8,10H,3-4,9H2,1-2H3/t7-,8+/m1/s1. The average Bonchev–Trinajstić information content (AvgIpc) is 1.84. The van der Waals surface area contributed by atoms with Gasteiger partial charge in [0, 0.05) is 6.04 Å². The molecule has 0 aliphatic heterocycles. The zero-order valence-corrected chi connectivity index (χ0v) is 6.59. The summed E-state index contributed by atoms with van der Waals surface area (Å²) in [6.07, 6.45) is 1.30. The van der Waals surface area contributed by atoms with Crippen molar-refractivity contribution < 1.29 is 5.11 Å². The first-order valence-corrected chi connectivity index (χ1v) is 3.70. The Morgan fingerprint density at radius 3 is 2.30 bits per heavy atom. The van der Waals surface area contributed by atoms with E-state index >= 15 is 0 Å². The molecule has 0 amide bonds. The van der Waals surface area contributed by atoms with Gasteiger partial charge in [-0.05, 0) is 26.7 Å². The van der Waals surface area contributed by atoms with Gasteiger partial charge in [0.15, 0.2) is 0 Å². The van der Waals surface area contributed by atoms with Gasteiger partial charge < -0.3 is 10.8 Å². The minimum Gasteiger partial charge on any atom is -0.391 e. The molecule has 0 spiro atoms. The molecule has 0 unspecified atom stereocenters. The molecule has 1 aliphatic rings. The Kier molecular flexibility index (Phi) is 2.11. The van der Waals surface area contributed by atoms with Crippen LogP contribution in [0.3, 0.4) is 0 Å². The van der Waals surface area contributed by atoms with Crippen LogP contribution in [0.1, 0.15) is 26.7 Å². The molecule has 1 aliphatic carbocycles. The Morgan fingerprint density at radius 1 is 1.30 bits per heavy atom. The van der Waals surface area contributed by atoms with Crippen molar-refractivity contribution in [2.45, 2.75) is 38.8 Å². The third-order valence-corrected chi connectivity index (χ3v) is 2.28. The molecular weight excluding hydrogens is 126 g/mol. The van der Waals surface area contributed by atoms with Gasteiger partial charge in [-0.2, -0.15) is 0 Å². The molecule has 0 aromatic rings. The highest BCUT2D eigenvalue weighted by molar-refractivity contribution is 5.16.